The van der Waals surface area contributed by atoms with E-state index in [1.807, 2.05) is 24.3 Å². The highest BCUT2D eigenvalue weighted by atomic mass is 16.1. The predicted molar refractivity (Wildman–Crippen MR) is 62.5 cm³/mol. The van der Waals surface area contributed by atoms with Crippen molar-refractivity contribution in [3.05, 3.63) is 56.6 Å². The van der Waals surface area contributed by atoms with Gasteiger partial charge in [0.15, 0.2) is 0 Å². The molecule has 0 radical (unpaired) electrons. The van der Waals surface area contributed by atoms with Crippen molar-refractivity contribution >= 4 is 0 Å². The Hall–Kier alpha value is -2.10. The van der Waals surface area contributed by atoms with Gasteiger partial charge in [-0.15, -0.1) is 0 Å². The molecule has 16 heavy (non-hydrogen) atoms. The van der Waals surface area contributed by atoms with Crippen LogP contribution >= 0.6 is 0 Å². The molecule has 4 heteroatoms. The second kappa shape index (κ2) is 4.18. The standard InChI is InChI=1S/C12H12N2O2/c1-2-8-3-5-9(6-4-8)10-7-11(15)13-14-12(10)16/h3-7H,2H2,1H3,(H,13,15)(H,14,16). The van der Waals surface area contributed by atoms with Gasteiger partial charge in [-0.25, -0.2) is 0 Å². The summed E-state index contributed by atoms with van der Waals surface area (Å²) < 4.78 is 0. The molecule has 0 saturated heterocycles. The summed E-state index contributed by atoms with van der Waals surface area (Å²) in [5.41, 5.74) is 1.75. The maximum absolute atomic E-state index is 11.5. The molecular formula is C12H12N2O2. The summed E-state index contributed by atoms with van der Waals surface area (Å²) in [6, 6.07) is 8.91. The topological polar surface area (TPSA) is 65.7 Å². The Bertz CT molecular complexity index is 593. The number of aryl methyl sites for hydroxylation is 1. The Morgan fingerprint density at radius 2 is 1.75 bits per heavy atom. The molecule has 0 aliphatic carbocycles. The molecule has 0 fully saturated rings. The van der Waals surface area contributed by atoms with Crippen LogP contribution in [0.5, 0.6) is 0 Å². The maximum atomic E-state index is 11.5. The number of nitrogens with one attached hydrogen (secondary N) is 2. The zero-order valence-corrected chi connectivity index (χ0v) is 8.91. The fraction of sp³-hybridized carbons (Fsp3) is 0.167. The van der Waals surface area contributed by atoms with E-state index in [-0.39, 0.29) is 11.1 Å². The van der Waals surface area contributed by atoms with Crippen molar-refractivity contribution in [3.8, 4) is 11.1 Å². The van der Waals surface area contributed by atoms with E-state index in [4.69, 9.17) is 0 Å². The normalized spacial score (nSPS) is 10.3. The molecule has 0 amide bonds. The van der Waals surface area contributed by atoms with Crippen molar-refractivity contribution in [2.45, 2.75) is 13.3 Å². The molecule has 1 heterocycles. The molecule has 82 valence electrons. The van der Waals surface area contributed by atoms with Crippen LogP contribution in [0.25, 0.3) is 11.1 Å². The van der Waals surface area contributed by atoms with Crippen LogP contribution in [0.3, 0.4) is 0 Å². The van der Waals surface area contributed by atoms with Crippen LogP contribution in [0.15, 0.2) is 39.9 Å². The Morgan fingerprint density at radius 3 is 2.38 bits per heavy atom. The molecule has 0 unspecified atom stereocenters. The van der Waals surface area contributed by atoms with E-state index in [9.17, 15) is 9.59 Å². The molecule has 0 aliphatic heterocycles. The summed E-state index contributed by atoms with van der Waals surface area (Å²) in [5, 5.41) is 4.54. The van der Waals surface area contributed by atoms with Gasteiger partial charge in [-0.3, -0.25) is 19.8 Å². The number of benzene rings is 1. The third-order valence-electron chi connectivity index (χ3n) is 2.49. The number of aromatic nitrogens is 2. The summed E-state index contributed by atoms with van der Waals surface area (Å²) in [7, 11) is 0. The lowest BCUT2D eigenvalue weighted by Gasteiger charge is -2.01. The Morgan fingerprint density at radius 1 is 1.06 bits per heavy atom. The lowest BCUT2D eigenvalue weighted by Crippen LogP contribution is -2.19. The van der Waals surface area contributed by atoms with Gasteiger partial charge in [0.2, 0.25) is 0 Å². The number of hydrogen-bond acceptors (Lipinski definition) is 2. The van der Waals surface area contributed by atoms with Gasteiger partial charge < -0.3 is 0 Å². The largest absolute Gasteiger partial charge is 0.270 e. The Balaban J connectivity index is 2.54. The molecular weight excluding hydrogens is 204 g/mol. The van der Waals surface area contributed by atoms with Crippen molar-refractivity contribution in [1.29, 1.82) is 0 Å². The Labute approximate surface area is 91.9 Å². The minimum Gasteiger partial charge on any atom is -0.268 e. The van der Waals surface area contributed by atoms with Gasteiger partial charge in [0.25, 0.3) is 11.1 Å². The molecule has 0 aliphatic rings. The summed E-state index contributed by atoms with van der Waals surface area (Å²) in [4.78, 5) is 22.6. The number of H-pyrrole nitrogens is 2. The Kier molecular flexibility index (Phi) is 2.72. The smallest absolute Gasteiger partial charge is 0.268 e. The van der Waals surface area contributed by atoms with Gasteiger partial charge in [0.05, 0.1) is 5.56 Å². The molecule has 0 bridgehead atoms. The summed E-state index contributed by atoms with van der Waals surface area (Å²) in [6.07, 6.45) is 0.950. The second-order valence-electron chi connectivity index (χ2n) is 3.55. The highest BCUT2D eigenvalue weighted by Crippen LogP contribution is 2.14. The second-order valence-corrected chi connectivity index (χ2v) is 3.55. The van der Waals surface area contributed by atoms with Gasteiger partial charge in [-0.1, -0.05) is 31.2 Å². The van der Waals surface area contributed by atoms with Crippen molar-refractivity contribution < 1.29 is 0 Å². The third kappa shape index (κ3) is 1.95. The van der Waals surface area contributed by atoms with Crippen LogP contribution < -0.4 is 11.1 Å². The minimum absolute atomic E-state index is 0.288. The van der Waals surface area contributed by atoms with E-state index < -0.39 is 0 Å². The molecule has 0 spiro atoms. The average molecular weight is 216 g/mol. The maximum Gasteiger partial charge on any atom is 0.270 e. The molecule has 2 aromatic rings. The zero-order valence-electron chi connectivity index (χ0n) is 8.91. The fourth-order valence-electron chi connectivity index (χ4n) is 1.55. The van der Waals surface area contributed by atoms with Crippen molar-refractivity contribution in [3.63, 3.8) is 0 Å². The highest BCUT2D eigenvalue weighted by Gasteiger charge is 2.03. The molecule has 0 saturated carbocycles. The minimum atomic E-state index is -0.311. The van der Waals surface area contributed by atoms with E-state index in [1.165, 1.54) is 11.6 Å². The summed E-state index contributed by atoms with van der Waals surface area (Å²) >= 11 is 0. The van der Waals surface area contributed by atoms with E-state index >= 15 is 0 Å². The van der Waals surface area contributed by atoms with E-state index in [0.29, 0.717) is 5.56 Å². The lowest BCUT2D eigenvalue weighted by atomic mass is 10.1. The van der Waals surface area contributed by atoms with Gasteiger partial charge >= 0.3 is 0 Å². The lowest BCUT2D eigenvalue weighted by molar-refractivity contribution is 0.955. The molecule has 0 atom stereocenters. The van der Waals surface area contributed by atoms with Crippen molar-refractivity contribution in [1.82, 2.24) is 10.2 Å². The first-order valence-electron chi connectivity index (χ1n) is 5.12. The molecule has 1 aromatic heterocycles. The number of aromatic amines is 2. The van der Waals surface area contributed by atoms with E-state index in [0.717, 1.165) is 12.0 Å². The van der Waals surface area contributed by atoms with E-state index in [1.54, 1.807) is 0 Å². The van der Waals surface area contributed by atoms with Gasteiger partial charge in [-0.05, 0) is 17.5 Å². The SMILES string of the molecule is CCc1ccc(-c2cc(=O)[nH][nH]c2=O)cc1. The first-order valence-corrected chi connectivity index (χ1v) is 5.12. The zero-order chi connectivity index (χ0) is 11.5. The molecule has 4 nitrogen and oxygen atoms in total. The number of rotatable bonds is 2. The summed E-state index contributed by atoms with van der Waals surface area (Å²) in [5.74, 6) is 0. The monoisotopic (exact) mass is 216 g/mol. The van der Waals surface area contributed by atoms with Crippen LogP contribution in [0.4, 0.5) is 0 Å². The quantitative estimate of drug-likeness (QED) is 0.794. The average Bonchev–Trinajstić information content (AvgIpc) is 2.32. The van der Waals surface area contributed by atoms with Crippen molar-refractivity contribution in [2.24, 2.45) is 0 Å². The van der Waals surface area contributed by atoms with Crippen LogP contribution in [0.2, 0.25) is 0 Å². The van der Waals surface area contributed by atoms with Gasteiger partial charge in [-0.2, -0.15) is 0 Å². The molecule has 1 aromatic carbocycles. The van der Waals surface area contributed by atoms with Crippen molar-refractivity contribution in [2.75, 3.05) is 0 Å². The predicted octanol–water partition coefficient (Wildman–Crippen LogP) is 1.29. The third-order valence-corrected chi connectivity index (χ3v) is 2.49. The fourth-order valence-corrected chi connectivity index (χ4v) is 1.55. The molecule has 2 rings (SSSR count). The number of hydrogen-bond donors (Lipinski definition) is 2. The first-order chi connectivity index (χ1) is 7.70. The van der Waals surface area contributed by atoms with Crippen LogP contribution in [-0.2, 0) is 6.42 Å². The van der Waals surface area contributed by atoms with Gasteiger partial charge in [0.1, 0.15) is 0 Å². The van der Waals surface area contributed by atoms with Crippen LogP contribution in [0, 0.1) is 0 Å². The highest BCUT2D eigenvalue weighted by molar-refractivity contribution is 5.61. The van der Waals surface area contributed by atoms with Gasteiger partial charge in [0, 0.05) is 6.07 Å². The molecule has 2 N–H and O–H groups in total. The van der Waals surface area contributed by atoms with Crippen LogP contribution in [0.1, 0.15) is 12.5 Å². The summed E-state index contributed by atoms with van der Waals surface area (Å²) in [6.45, 7) is 2.06. The van der Waals surface area contributed by atoms with E-state index in [2.05, 4.69) is 17.1 Å². The van der Waals surface area contributed by atoms with Crippen LogP contribution in [-0.4, -0.2) is 10.2 Å². The first kappa shape index (κ1) is 10.4.